The molecule has 0 bridgehead atoms. The Morgan fingerprint density at radius 3 is 2.87 bits per heavy atom. The summed E-state index contributed by atoms with van der Waals surface area (Å²) in [6.07, 6.45) is 0. The molecule has 4 heteroatoms. The van der Waals surface area contributed by atoms with Gasteiger partial charge in [0.1, 0.15) is 0 Å². The predicted molar refractivity (Wildman–Crippen MR) is 69.9 cm³/mol. The maximum Gasteiger partial charge on any atom is 0.0541 e. The SMILES string of the molecule is CCSCCS(=O)c1cc(N)ccc1C. The average Bonchev–Trinajstić information content (AvgIpc) is 2.22. The van der Waals surface area contributed by atoms with Crippen molar-refractivity contribution in [2.24, 2.45) is 0 Å². The number of rotatable bonds is 5. The molecule has 1 unspecified atom stereocenters. The van der Waals surface area contributed by atoms with Crippen LogP contribution in [-0.2, 0) is 10.8 Å². The molecule has 0 fully saturated rings. The van der Waals surface area contributed by atoms with Gasteiger partial charge in [-0.25, -0.2) is 0 Å². The molecular formula is C11H17NOS2. The second-order valence-electron chi connectivity index (χ2n) is 3.27. The fourth-order valence-corrected chi connectivity index (χ4v) is 3.53. The van der Waals surface area contributed by atoms with Gasteiger partial charge in [0.25, 0.3) is 0 Å². The zero-order chi connectivity index (χ0) is 11.3. The molecule has 0 saturated carbocycles. The van der Waals surface area contributed by atoms with Crippen LogP contribution in [0.3, 0.4) is 0 Å². The van der Waals surface area contributed by atoms with E-state index in [1.165, 1.54) is 0 Å². The maximum atomic E-state index is 11.9. The lowest BCUT2D eigenvalue weighted by atomic mass is 10.2. The van der Waals surface area contributed by atoms with E-state index in [9.17, 15) is 4.21 Å². The van der Waals surface area contributed by atoms with Gasteiger partial charge in [-0.15, -0.1) is 0 Å². The highest BCUT2D eigenvalue weighted by Gasteiger charge is 2.07. The first-order valence-corrected chi connectivity index (χ1v) is 7.44. The summed E-state index contributed by atoms with van der Waals surface area (Å²) in [6.45, 7) is 4.08. The molecule has 0 aliphatic carbocycles. The fraction of sp³-hybridized carbons (Fsp3) is 0.455. The van der Waals surface area contributed by atoms with E-state index in [1.54, 1.807) is 0 Å². The molecule has 1 aromatic rings. The topological polar surface area (TPSA) is 43.1 Å². The first-order valence-electron chi connectivity index (χ1n) is 4.97. The molecule has 0 spiro atoms. The fourth-order valence-electron chi connectivity index (χ4n) is 1.25. The number of anilines is 1. The summed E-state index contributed by atoms with van der Waals surface area (Å²) in [5, 5.41) is 0. The number of hydrogen-bond acceptors (Lipinski definition) is 3. The van der Waals surface area contributed by atoms with Gasteiger partial charge in [0, 0.05) is 22.1 Å². The van der Waals surface area contributed by atoms with E-state index >= 15 is 0 Å². The smallest absolute Gasteiger partial charge is 0.0541 e. The Kier molecular flexibility index (Phi) is 5.19. The van der Waals surface area contributed by atoms with Gasteiger partial charge in [0.15, 0.2) is 0 Å². The van der Waals surface area contributed by atoms with E-state index in [2.05, 4.69) is 6.92 Å². The Bertz CT molecular complexity index is 352. The highest BCUT2D eigenvalue weighted by molar-refractivity contribution is 8.00. The monoisotopic (exact) mass is 243 g/mol. The molecule has 1 atom stereocenters. The number of aryl methyl sites for hydroxylation is 1. The molecule has 0 aromatic heterocycles. The number of benzene rings is 1. The normalized spacial score (nSPS) is 12.7. The Balaban J connectivity index is 2.68. The van der Waals surface area contributed by atoms with Crippen molar-refractivity contribution in [3.8, 4) is 0 Å². The van der Waals surface area contributed by atoms with Crippen molar-refractivity contribution in [3.63, 3.8) is 0 Å². The molecule has 0 aliphatic rings. The van der Waals surface area contributed by atoms with E-state index in [-0.39, 0.29) is 0 Å². The van der Waals surface area contributed by atoms with Gasteiger partial charge < -0.3 is 5.73 Å². The van der Waals surface area contributed by atoms with Crippen molar-refractivity contribution in [2.75, 3.05) is 23.0 Å². The Labute approximate surface area is 98.1 Å². The van der Waals surface area contributed by atoms with Gasteiger partial charge in [0.05, 0.1) is 10.8 Å². The first-order chi connectivity index (χ1) is 7.15. The van der Waals surface area contributed by atoms with Gasteiger partial charge in [-0.3, -0.25) is 4.21 Å². The second kappa shape index (κ2) is 6.18. The number of thioether (sulfide) groups is 1. The van der Waals surface area contributed by atoms with Crippen LogP contribution in [0.25, 0.3) is 0 Å². The molecule has 2 N–H and O–H groups in total. The maximum absolute atomic E-state index is 11.9. The molecule has 84 valence electrons. The average molecular weight is 243 g/mol. The lowest BCUT2D eigenvalue weighted by Crippen LogP contribution is -2.03. The minimum atomic E-state index is -0.908. The predicted octanol–water partition coefficient (Wildman–Crippen LogP) is 2.44. The van der Waals surface area contributed by atoms with Crippen LogP contribution >= 0.6 is 11.8 Å². The van der Waals surface area contributed by atoms with Gasteiger partial charge in [0.2, 0.25) is 0 Å². The molecule has 0 radical (unpaired) electrons. The summed E-state index contributed by atoms with van der Waals surface area (Å²) >= 11 is 1.82. The summed E-state index contributed by atoms with van der Waals surface area (Å²) in [5.74, 6) is 2.73. The van der Waals surface area contributed by atoms with Crippen molar-refractivity contribution >= 4 is 28.2 Å². The Morgan fingerprint density at radius 2 is 2.20 bits per heavy atom. The zero-order valence-corrected chi connectivity index (χ0v) is 10.8. The van der Waals surface area contributed by atoms with E-state index in [1.807, 2.05) is 36.9 Å². The van der Waals surface area contributed by atoms with Gasteiger partial charge in [-0.1, -0.05) is 13.0 Å². The van der Waals surface area contributed by atoms with Crippen LogP contribution in [0.1, 0.15) is 12.5 Å². The second-order valence-corrected chi connectivity index (χ2v) is 6.20. The minimum Gasteiger partial charge on any atom is -0.399 e. The number of hydrogen-bond donors (Lipinski definition) is 1. The van der Waals surface area contributed by atoms with E-state index < -0.39 is 10.8 Å². The van der Waals surface area contributed by atoms with Gasteiger partial charge in [-0.05, 0) is 30.4 Å². The number of nitrogen functional groups attached to an aromatic ring is 1. The zero-order valence-electron chi connectivity index (χ0n) is 9.16. The summed E-state index contributed by atoms with van der Waals surface area (Å²) in [4.78, 5) is 0.881. The third-order valence-electron chi connectivity index (χ3n) is 2.07. The van der Waals surface area contributed by atoms with Crippen molar-refractivity contribution in [1.82, 2.24) is 0 Å². The van der Waals surface area contributed by atoms with Gasteiger partial charge in [-0.2, -0.15) is 11.8 Å². The quantitative estimate of drug-likeness (QED) is 0.638. The van der Waals surface area contributed by atoms with Crippen LogP contribution in [0.2, 0.25) is 0 Å². The van der Waals surface area contributed by atoms with Crippen molar-refractivity contribution < 1.29 is 4.21 Å². The molecule has 1 aromatic carbocycles. The van der Waals surface area contributed by atoms with Crippen LogP contribution in [-0.4, -0.2) is 21.5 Å². The molecule has 0 heterocycles. The number of nitrogens with two attached hydrogens (primary N) is 1. The highest BCUT2D eigenvalue weighted by Crippen LogP contribution is 2.17. The van der Waals surface area contributed by atoms with Crippen LogP contribution < -0.4 is 5.73 Å². The minimum absolute atomic E-state index is 0.687. The van der Waals surface area contributed by atoms with Crippen molar-refractivity contribution in [2.45, 2.75) is 18.7 Å². The third kappa shape index (κ3) is 3.87. The van der Waals surface area contributed by atoms with Gasteiger partial charge >= 0.3 is 0 Å². The summed E-state index contributed by atoms with van der Waals surface area (Å²) in [6, 6.07) is 5.59. The molecule has 0 amide bonds. The van der Waals surface area contributed by atoms with Crippen LogP contribution in [0.15, 0.2) is 23.1 Å². The molecule has 1 rings (SSSR count). The third-order valence-corrected chi connectivity index (χ3v) is 4.74. The van der Waals surface area contributed by atoms with Crippen molar-refractivity contribution in [3.05, 3.63) is 23.8 Å². The summed E-state index contributed by atoms with van der Waals surface area (Å²) in [5.41, 5.74) is 7.43. The van der Waals surface area contributed by atoms with E-state index in [0.29, 0.717) is 11.4 Å². The lowest BCUT2D eigenvalue weighted by molar-refractivity contribution is 0.683. The molecule has 0 saturated heterocycles. The Morgan fingerprint density at radius 1 is 1.47 bits per heavy atom. The largest absolute Gasteiger partial charge is 0.399 e. The standard InChI is InChI=1S/C11H17NOS2/c1-3-14-6-7-15(13)11-8-10(12)5-4-9(11)2/h4-5,8H,3,6-7,12H2,1-2H3. The molecule has 2 nitrogen and oxygen atoms in total. The van der Waals surface area contributed by atoms with Crippen LogP contribution in [0.4, 0.5) is 5.69 Å². The van der Waals surface area contributed by atoms with E-state index in [0.717, 1.165) is 22.0 Å². The first kappa shape index (κ1) is 12.6. The molecule has 15 heavy (non-hydrogen) atoms. The molecular weight excluding hydrogens is 226 g/mol. The van der Waals surface area contributed by atoms with Crippen LogP contribution in [0.5, 0.6) is 0 Å². The summed E-state index contributed by atoms with van der Waals surface area (Å²) in [7, 11) is -0.908. The van der Waals surface area contributed by atoms with Crippen molar-refractivity contribution in [1.29, 1.82) is 0 Å². The van der Waals surface area contributed by atoms with E-state index in [4.69, 9.17) is 5.73 Å². The lowest BCUT2D eigenvalue weighted by Gasteiger charge is -2.06. The van der Waals surface area contributed by atoms with Crippen LogP contribution in [0, 0.1) is 6.92 Å². The summed E-state index contributed by atoms with van der Waals surface area (Å²) < 4.78 is 11.9. The Hall–Kier alpha value is -0.480. The molecule has 0 aliphatic heterocycles. The highest BCUT2D eigenvalue weighted by atomic mass is 32.2.